The number of carbonyl (C=O) groups is 1. The van der Waals surface area contributed by atoms with Gasteiger partial charge in [0.25, 0.3) is 0 Å². The van der Waals surface area contributed by atoms with Crippen LogP contribution >= 0.6 is 38.5 Å². The van der Waals surface area contributed by atoms with E-state index in [9.17, 15) is 4.79 Å². The molecule has 3 nitrogen and oxygen atoms in total. The normalized spacial score (nSPS) is 10.4. The highest BCUT2D eigenvalue weighted by molar-refractivity contribution is 14.1. The molecule has 16 heavy (non-hydrogen) atoms. The molecule has 1 aromatic carbocycles. The first kappa shape index (κ1) is 11.8. The van der Waals surface area contributed by atoms with Gasteiger partial charge in [0.2, 0.25) is 0 Å². The number of ketones is 1. The zero-order chi connectivity index (χ0) is 11.5. The van der Waals surface area contributed by atoms with Gasteiger partial charge in [0.15, 0.2) is 5.78 Å². The van der Waals surface area contributed by atoms with Gasteiger partial charge >= 0.3 is 0 Å². The SMILES string of the molecule is O=C(Cn1cc(Br)cn1)c1ccc(I)cc1. The molecular weight excluding hydrogens is 383 g/mol. The van der Waals surface area contributed by atoms with Gasteiger partial charge in [0.05, 0.1) is 10.7 Å². The van der Waals surface area contributed by atoms with Crippen molar-refractivity contribution in [2.75, 3.05) is 0 Å². The lowest BCUT2D eigenvalue weighted by atomic mass is 10.1. The van der Waals surface area contributed by atoms with Crippen molar-refractivity contribution >= 4 is 44.3 Å². The first-order valence-electron chi connectivity index (χ1n) is 4.62. The first-order valence-corrected chi connectivity index (χ1v) is 6.49. The molecule has 0 aliphatic heterocycles. The summed E-state index contributed by atoms with van der Waals surface area (Å²) in [6.45, 7) is 0.270. The van der Waals surface area contributed by atoms with Crippen molar-refractivity contribution in [2.24, 2.45) is 0 Å². The van der Waals surface area contributed by atoms with Crippen molar-refractivity contribution in [2.45, 2.75) is 6.54 Å². The monoisotopic (exact) mass is 390 g/mol. The van der Waals surface area contributed by atoms with Gasteiger partial charge in [-0.2, -0.15) is 5.10 Å². The van der Waals surface area contributed by atoms with Crippen LogP contribution in [0.1, 0.15) is 10.4 Å². The lowest BCUT2D eigenvalue weighted by Gasteiger charge is -2.01. The summed E-state index contributed by atoms with van der Waals surface area (Å²) in [5, 5.41) is 4.05. The van der Waals surface area contributed by atoms with Crippen molar-refractivity contribution < 1.29 is 4.79 Å². The van der Waals surface area contributed by atoms with Crippen molar-refractivity contribution in [3.8, 4) is 0 Å². The van der Waals surface area contributed by atoms with Gasteiger partial charge in [-0.1, -0.05) is 12.1 Å². The number of rotatable bonds is 3. The molecule has 0 bridgehead atoms. The third kappa shape index (κ3) is 2.91. The minimum Gasteiger partial charge on any atom is -0.292 e. The van der Waals surface area contributed by atoms with E-state index in [1.54, 1.807) is 17.1 Å². The number of nitrogens with zero attached hydrogens (tertiary/aromatic N) is 2. The molecule has 1 heterocycles. The fourth-order valence-electron chi connectivity index (χ4n) is 1.30. The van der Waals surface area contributed by atoms with Gasteiger partial charge in [0.1, 0.15) is 6.54 Å². The summed E-state index contributed by atoms with van der Waals surface area (Å²) in [6, 6.07) is 7.52. The Bertz CT molecular complexity index is 507. The zero-order valence-corrected chi connectivity index (χ0v) is 12.0. The molecule has 1 aromatic heterocycles. The van der Waals surface area contributed by atoms with Crippen LogP contribution in [0.3, 0.4) is 0 Å². The van der Waals surface area contributed by atoms with Crippen molar-refractivity contribution in [1.29, 1.82) is 0 Å². The second kappa shape index (κ2) is 5.09. The maximum atomic E-state index is 11.9. The van der Waals surface area contributed by atoms with Crippen LogP contribution in [-0.4, -0.2) is 15.6 Å². The molecule has 82 valence electrons. The average Bonchev–Trinajstić information content (AvgIpc) is 2.65. The van der Waals surface area contributed by atoms with E-state index in [1.165, 1.54) is 0 Å². The number of carbonyl (C=O) groups excluding carboxylic acids is 1. The van der Waals surface area contributed by atoms with Crippen molar-refractivity contribution in [1.82, 2.24) is 9.78 Å². The lowest BCUT2D eigenvalue weighted by Crippen LogP contribution is -2.10. The van der Waals surface area contributed by atoms with E-state index in [2.05, 4.69) is 43.6 Å². The Hall–Kier alpha value is -0.690. The van der Waals surface area contributed by atoms with E-state index in [1.807, 2.05) is 24.3 Å². The van der Waals surface area contributed by atoms with Crippen molar-refractivity contribution in [3.63, 3.8) is 0 Å². The minimum atomic E-state index is 0.0620. The van der Waals surface area contributed by atoms with Gasteiger partial charge in [-0.25, -0.2) is 0 Å². The fraction of sp³-hybridized carbons (Fsp3) is 0.0909. The second-order valence-electron chi connectivity index (χ2n) is 3.29. The molecule has 0 amide bonds. The number of aromatic nitrogens is 2. The number of hydrogen-bond donors (Lipinski definition) is 0. The predicted molar refractivity (Wildman–Crippen MR) is 73.4 cm³/mol. The second-order valence-corrected chi connectivity index (χ2v) is 5.45. The van der Waals surface area contributed by atoms with E-state index in [0.717, 1.165) is 8.04 Å². The Labute approximate surface area is 115 Å². The van der Waals surface area contributed by atoms with Crippen LogP contribution in [0.15, 0.2) is 41.1 Å². The molecule has 0 aliphatic rings. The molecule has 0 spiro atoms. The third-order valence-corrected chi connectivity index (χ3v) is 3.20. The molecule has 2 aromatic rings. The van der Waals surface area contributed by atoms with Gasteiger partial charge in [-0.05, 0) is 50.7 Å². The van der Waals surface area contributed by atoms with E-state index in [4.69, 9.17) is 0 Å². The van der Waals surface area contributed by atoms with Gasteiger partial charge in [0, 0.05) is 15.3 Å². The van der Waals surface area contributed by atoms with Crippen molar-refractivity contribution in [3.05, 3.63) is 50.3 Å². The summed E-state index contributed by atoms with van der Waals surface area (Å²) < 4.78 is 3.61. The average molecular weight is 391 g/mol. The summed E-state index contributed by atoms with van der Waals surface area (Å²) in [7, 11) is 0. The quantitative estimate of drug-likeness (QED) is 0.596. The molecule has 0 saturated carbocycles. The molecule has 5 heteroatoms. The predicted octanol–water partition coefficient (Wildman–Crippen LogP) is 3.13. The van der Waals surface area contributed by atoms with Crippen LogP contribution in [0.4, 0.5) is 0 Å². The molecule has 0 radical (unpaired) electrons. The number of halogens is 2. The van der Waals surface area contributed by atoms with E-state index in [0.29, 0.717) is 5.56 Å². The summed E-state index contributed by atoms with van der Waals surface area (Å²) in [4.78, 5) is 11.9. The minimum absolute atomic E-state index is 0.0620. The van der Waals surface area contributed by atoms with Crippen LogP contribution in [0.25, 0.3) is 0 Å². The van der Waals surface area contributed by atoms with Crippen LogP contribution in [0.5, 0.6) is 0 Å². The highest BCUT2D eigenvalue weighted by Crippen LogP contribution is 2.10. The van der Waals surface area contributed by atoms with Crippen LogP contribution in [0.2, 0.25) is 0 Å². The Morgan fingerprint density at radius 3 is 2.62 bits per heavy atom. The largest absolute Gasteiger partial charge is 0.292 e. The Balaban J connectivity index is 2.11. The topological polar surface area (TPSA) is 34.9 Å². The highest BCUT2D eigenvalue weighted by Gasteiger charge is 2.07. The van der Waals surface area contributed by atoms with E-state index >= 15 is 0 Å². The Morgan fingerprint density at radius 2 is 2.06 bits per heavy atom. The smallest absolute Gasteiger partial charge is 0.184 e. The fourth-order valence-corrected chi connectivity index (χ4v) is 1.99. The van der Waals surface area contributed by atoms with Gasteiger partial charge in [-0.15, -0.1) is 0 Å². The molecule has 0 atom stereocenters. The number of Topliss-reactive ketones (excluding diaryl/α,β-unsaturated/α-hetero) is 1. The van der Waals surface area contributed by atoms with Crippen LogP contribution < -0.4 is 0 Å². The number of benzene rings is 1. The molecule has 0 saturated heterocycles. The Morgan fingerprint density at radius 1 is 1.38 bits per heavy atom. The summed E-state index contributed by atoms with van der Waals surface area (Å²) >= 11 is 5.50. The standard InChI is InChI=1S/C11H8BrIN2O/c12-9-5-14-15(6-9)7-11(16)8-1-3-10(13)4-2-8/h1-6H,7H2. The van der Waals surface area contributed by atoms with E-state index < -0.39 is 0 Å². The first-order chi connectivity index (χ1) is 7.65. The zero-order valence-electron chi connectivity index (χ0n) is 8.23. The van der Waals surface area contributed by atoms with Crippen LogP contribution in [-0.2, 0) is 6.54 Å². The summed E-state index contributed by atoms with van der Waals surface area (Å²) in [6.07, 6.45) is 3.45. The maximum Gasteiger partial charge on any atom is 0.184 e. The van der Waals surface area contributed by atoms with Crippen LogP contribution in [0, 0.1) is 3.57 Å². The molecular formula is C11H8BrIN2O. The molecule has 0 fully saturated rings. The lowest BCUT2D eigenvalue weighted by molar-refractivity contribution is 0.0967. The van der Waals surface area contributed by atoms with E-state index in [-0.39, 0.29) is 12.3 Å². The Kier molecular flexibility index (Phi) is 3.75. The van der Waals surface area contributed by atoms with Gasteiger partial charge < -0.3 is 0 Å². The molecule has 0 aliphatic carbocycles. The summed E-state index contributed by atoms with van der Waals surface area (Å²) in [5.41, 5.74) is 0.715. The molecule has 0 unspecified atom stereocenters. The molecule has 2 rings (SSSR count). The maximum absolute atomic E-state index is 11.9. The third-order valence-electron chi connectivity index (χ3n) is 2.07. The highest BCUT2D eigenvalue weighted by atomic mass is 127. The number of hydrogen-bond acceptors (Lipinski definition) is 2. The summed E-state index contributed by atoms with van der Waals surface area (Å²) in [5.74, 6) is 0.0620. The van der Waals surface area contributed by atoms with Gasteiger partial charge in [-0.3, -0.25) is 9.48 Å². The molecule has 0 N–H and O–H groups in total.